The SMILES string of the molecule is CC[C@H](C)[C@H](N)C(=O)Nc1c(C)nn(C)c1C. The molecule has 0 aliphatic carbocycles. The van der Waals surface area contributed by atoms with Gasteiger partial charge in [-0.15, -0.1) is 0 Å². The van der Waals surface area contributed by atoms with Gasteiger partial charge in [-0.05, 0) is 19.8 Å². The predicted octanol–water partition coefficient (Wildman–Crippen LogP) is 1.35. The minimum Gasteiger partial charge on any atom is -0.322 e. The van der Waals surface area contributed by atoms with Crippen LogP contribution in [0.5, 0.6) is 0 Å². The van der Waals surface area contributed by atoms with Crippen LogP contribution >= 0.6 is 0 Å². The van der Waals surface area contributed by atoms with Crippen LogP contribution < -0.4 is 11.1 Å². The van der Waals surface area contributed by atoms with Crippen molar-refractivity contribution in [3.8, 4) is 0 Å². The van der Waals surface area contributed by atoms with Crippen LogP contribution in [0.1, 0.15) is 31.7 Å². The number of aryl methyl sites for hydroxylation is 2. The molecule has 17 heavy (non-hydrogen) atoms. The van der Waals surface area contributed by atoms with Gasteiger partial charge in [0.25, 0.3) is 0 Å². The molecule has 1 aromatic rings. The average Bonchev–Trinajstić information content (AvgIpc) is 2.53. The Bertz CT molecular complexity index is 411. The van der Waals surface area contributed by atoms with Crippen LogP contribution in [0.4, 0.5) is 5.69 Å². The van der Waals surface area contributed by atoms with Gasteiger partial charge >= 0.3 is 0 Å². The molecule has 0 aromatic carbocycles. The second-order valence-electron chi connectivity index (χ2n) is 4.57. The van der Waals surface area contributed by atoms with Crippen LogP contribution in [0.25, 0.3) is 0 Å². The maximum Gasteiger partial charge on any atom is 0.241 e. The third kappa shape index (κ3) is 2.85. The molecule has 0 radical (unpaired) electrons. The van der Waals surface area contributed by atoms with Gasteiger partial charge in [-0.25, -0.2) is 0 Å². The topological polar surface area (TPSA) is 72.9 Å². The molecule has 1 aromatic heterocycles. The number of hydrogen-bond acceptors (Lipinski definition) is 3. The van der Waals surface area contributed by atoms with Crippen LogP contribution in [0.15, 0.2) is 0 Å². The number of amides is 1. The number of nitrogens with zero attached hydrogens (tertiary/aromatic N) is 2. The summed E-state index contributed by atoms with van der Waals surface area (Å²) in [5.74, 6) is 0.0332. The fraction of sp³-hybridized carbons (Fsp3) is 0.667. The fourth-order valence-electron chi connectivity index (χ4n) is 1.67. The van der Waals surface area contributed by atoms with Crippen molar-refractivity contribution < 1.29 is 4.79 Å². The van der Waals surface area contributed by atoms with Crippen LogP contribution in [0.3, 0.4) is 0 Å². The molecule has 0 bridgehead atoms. The minimum absolute atomic E-state index is 0.140. The van der Waals surface area contributed by atoms with Crippen molar-refractivity contribution in [2.45, 2.75) is 40.2 Å². The summed E-state index contributed by atoms with van der Waals surface area (Å²) >= 11 is 0. The third-order valence-electron chi connectivity index (χ3n) is 3.32. The zero-order valence-corrected chi connectivity index (χ0v) is 11.2. The monoisotopic (exact) mass is 238 g/mol. The molecular formula is C12H22N4O. The summed E-state index contributed by atoms with van der Waals surface area (Å²) in [5, 5.41) is 7.12. The summed E-state index contributed by atoms with van der Waals surface area (Å²) in [6, 6.07) is -0.473. The number of hydrogen-bond donors (Lipinski definition) is 2. The van der Waals surface area contributed by atoms with Crippen molar-refractivity contribution in [3.63, 3.8) is 0 Å². The standard InChI is InChI=1S/C12H22N4O/c1-6-7(2)10(13)12(17)14-11-8(3)15-16(5)9(11)4/h7,10H,6,13H2,1-5H3,(H,14,17)/t7-,10-/m0/s1. The molecule has 5 heteroatoms. The molecule has 0 spiro atoms. The maximum absolute atomic E-state index is 12.0. The normalized spacial score (nSPS) is 14.5. The van der Waals surface area contributed by atoms with Crippen LogP contribution in [0, 0.1) is 19.8 Å². The first-order chi connectivity index (χ1) is 7.88. The van der Waals surface area contributed by atoms with E-state index in [0.717, 1.165) is 23.5 Å². The average molecular weight is 238 g/mol. The highest BCUT2D eigenvalue weighted by atomic mass is 16.2. The zero-order chi connectivity index (χ0) is 13.2. The lowest BCUT2D eigenvalue weighted by Crippen LogP contribution is -2.40. The number of nitrogens with two attached hydrogens (primary N) is 1. The molecule has 1 amide bonds. The van der Waals surface area contributed by atoms with Crippen molar-refractivity contribution in [2.24, 2.45) is 18.7 Å². The van der Waals surface area contributed by atoms with Crippen molar-refractivity contribution in [1.82, 2.24) is 9.78 Å². The molecule has 1 heterocycles. The summed E-state index contributed by atoms with van der Waals surface area (Å²) in [6.45, 7) is 7.80. The van der Waals surface area contributed by atoms with Crippen LogP contribution in [0.2, 0.25) is 0 Å². The van der Waals surface area contributed by atoms with E-state index in [1.807, 2.05) is 34.7 Å². The first kappa shape index (κ1) is 13.7. The molecule has 96 valence electrons. The lowest BCUT2D eigenvalue weighted by molar-refractivity contribution is -0.118. The van der Waals surface area contributed by atoms with Gasteiger partial charge in [-0.1, -0.05) is 20.3 Å². The number of nitrogens with one attached hydrogen (secondary N) is 1. The minimum atomic E-state index is -0.473. The Morgan fingerprint density at radius 3 is 2.53 bits per heavy atom. The van der Waals surface area contributed by atoms with E-state index in [1.54, 1.807) is 4.68 Å². The molecule has 0 aliphatic heterocycles. The van der Waals surface area contributed by atoms with E-state index in [4.69, 9.17) is 5.73 Å². The van der Waals surface area contributed by atoms with E-state index >= 15 is 0 Å². The molecular weight excluding hydrogens is 216 g/mol. The summed E-state index contributed by atoms with van der Waals surface area (Å²) in [5.41, 5.74) is 8.41. The summed E-state index contributed by atoms with van der Waals surface area (Å²) < 4.78 is 1.75. The van der Waals surface area contributed by atoms with E-state index in [0.29, 0.717) is 0 Å². The van der Waals surface area contributed by atoms with Crippen molar-refractivity contribution >= 4 is 11.6 Å². The smallest absolute Gasteiger partial charge is 0.241 e. The molecule has 5 nitrogen and oxygen atoms in total. The zero-order valence-electron chi connectivity index (χ0n) is 11.2. The van der Waals surface area contributed by atoms with Gasteiger partial charge in [-0.3, -0.25) is 9.48 Å². The molecule has 1 rings (SSSR count). The van der Waals surface area contributed by atoms with Crippen LogP contribution in [-0.4, -0.2) is 21.7 Å². The molecule has 3 N–H and O–H groups in total. The molecule has 2 atom stereocenters. The number of anilines is 1. The molecule has 0 saturated heterocycles. The Hall–Kier alpha value is -1.36. The van der Waals surface area contributed by atoms with Gasteiger partial charge in [0.2, 0.25) is 5.91 Å². The largest absolute Gasteiger partial charge is 0.322 e. The Labute approximate surface area is 102 Å². The first-order valence-electron chi connectivity index (χ1n) is 5.95. The highest BCUT2D eigenvalue weighted by Gasteiger charge is 2.21. The lowest BCUT2D eigenvalue weighted by Gasteiger charge is -2.17. The lowest BCUT2D eigenvalue weighted by atomic mass is 9.99. The highest BCUT2D eigenvalue weighted by molar-refractivity contribution is 5.95. The van der Waals surface area contributed by atoms with Crippen molar-refractivity contribution in [1.29, 1.82) is 0 Å². The molecule has 0 saturated carbocycles. The van der Waals surface area contributed by atoms with Crippen molar-refractivity contribution in [3.05, 3.63) is 11.4 Å². The first-order valence-corrected chi connectivity index (χ1v) is 5.95. The number of carbonyl (C=O) groups excluding carboxylic acids is 1. The Morgan fingerprint density at radius 2 is 2.12 bits per heavy atom. The second-order valence-corrected chi connectivity index (χ2v) is 4.57. The maximum atomic E-state index is 12.0. The Balaban J connectivity index is 2.81. The highest BCUT2D eigenvalue weighted by Crippen LogP contribution is 2.19. The van der Waals surface area contributed by atoms with Gasteiger partial charge < -0.3 is 11.1 Å². The summed E-state index contributed by atoms with van der Waals surface area (Å²) in [7, 11) is 1.85. The Kier molecular flexibility index (Phi) is 4.28. The number of rotatable bonds is 4. The van der Waals surface area contributed by atoms with Gasteiger partial charge in [0.15, 0.2) is 0 Å². The number of carbonyl (C=O) groups is 1. The fourth-order valence-corrected chi connectivity index (χ4v) is 1.67. The quantitative estimate of drug-likeness (QED) is 0.831. The predicted molar refractivity (Wildman–Crippen MR) is 68.7 cm³/mol. The second kappa shape index (κ2) is 5.31. The Morgan fingerprint density at radius 1 is 1.53 bits per heavy atom. The molecule has 0 aliphatic rings. The molecule has 0 fully saturated rings. The van der Waals surface area contributed by atoms with Crippen molar-refractivity contribution in [2.75, 3.05) is 5.32 Å². The van der Waals surface area contributed by atoms with Crippen LogP contribution in [-0.2, 0) is 11.8 Å². The third-order valence-corrected chi connectivity index (χ3v) is 3.32. The summed E-state index contributed by atoms with van der Waals surface area (Å²) in [6.07, 6.45) is 0.888. The van der Waals surface area contributed by atoms with Gasteiger partial charge in [0.1, 0.15) is 0 Å². The summed E-state index contributed by atoms with van der Waals surface area (Å²) in [4.78, 5) is 12.0. The van der Waals surface area contributed by atoms with E-state index < -0.39 is 6.04 Å². The van der Waals surface area contributed by atoms with E-state index in [1.165, 1.54) is 0 Å². The van der Waals surface area contributed by atoms with Gasteiger partial charge in [-0.2, -0.15) is 5.10 Å². The molecule has 0 unspecified atom stereocenters. The van der Waals surface area contributed by atoms with E-state index in [-0.39, 0.29) is 11.8 Å². The van der Waals surface area contributed by atoms with Gasteiger partial charge in [0, 0.05) is 7.05 Å². The number of aromatic nitrogens is 2. The van der Waals surface area contributed by atoms with Gasteiger partial charge in [0.05, 0.1) is 23.1 Å². The van der Waals surface area contributed by atoms with E-state index in [9.17, 15) is 4.79 Å². The van der Waals surface area contributed by atoms with E-state index in [2.05, 4.69) is 10.4 Å².